The highest BCUT2D eigenvalue weighted by atomic mass is 32.1. The molecule has 0 atom stereocenters. The van der Waals surface area contributed by atoms with E-state index in [0.29, 0.717) is 5.56 Å². The Kier molecular flexibility index (Phi) is 4.68. The van der Waals surface area contributed by atoms with Crippen LogP contribution >= 0.6 is 22.7 Å². The minimum atomic E-state index is -0.138. The van der Waals surface area contributed by atoms with Crippen LogP contribution in [-0.4, -0.2) is 18.0 Å². The second-order valence-electron chi connectivity index (χ2n) is 6.16. The van der Waals surface area contributed by atoms with Crippen LogP contribution in [0.15, 0.2) is 48.5 Å². The molecule has 27 heavy (non-hydrogen) atoms. The number of nitrogens with one attached hydrogen (secondary N) is 1. The SMILES string of the molecule is COc1ccc(C(=O)Nc2sc(C)c(C)c2-c2nc3ccccc3s2)cc1. The third-order valence-electron chi connectivity index (χ3n) is 4.47. The predicted octanol–water partition coefficient (Wildman–Crippen LogP) is 5.90. The first kappa shape index (κ1) is 17.7. The second kappa shape index (κ2) is 7.13. The first-order chi connectivity index (χ1) is 13.1. The van der Waals surface area contributed by atoms with Crippen molar-refractivity contribution in [3.8, 4) is 16.3 Å². The zero-order valence-electron chi connectivity index (χ0n) is 15.2. The van der Waals surface area contributed by atoms with Gasteiger partial charge in [0.2, 0.25) is 0 Å². The molecule has 1 N–H and O–H groups in total. The second-order valence-corrected chi connectivity index (χ2v) is 8.41. The Balaban J connectivity index is 1.71. The van der Waals surface area contributed by atoms with Crippen molar-refractivity contribution in [1.82, 2.24) is 4.98 Å². The number of carbonyl (C=O) groups is 1. The first-order valence-electron chi connectivity index (χ1n) is 8.48. The average Bonchev–Trinajstić information content (AvgIpc) is 3.22. The smallest absolute Gasteiger partial charge is 0.256 e. The maximum absolute atomic E-state index is 12.7. The van der Waals surface area contributed by atoms with Crippen LogP contribution in [0.3, 0.4) is 0 Å². The van der Waals surface area contributed by atoms with Crippen molar-refractivity contribution < 1.29 is 9.53 Å². The molecule has 4 nitrogen and oxygen atoms in total. The number of amides is 1. The van der Waals surface area contributed by atoms with Crippen LogP contribution in [0.4, 0.5) is 5.00 Å². The van der Waals surface area contributed by atoms with Crippen LogP contribution in [0.5, 0.6) is 5.75 Å². The van der Waals surface area contributed by atoms with Crippen LogP contribution in [-0.2, 0) is 0 Å². The zero-order valence-corrected chi connectivity index (χ0v) is 16.8. The van der Waals surface area contributed by atoms with Gasteiger partial charge in [-0.2, -0.15) is 0 Å². The number of methoxy groups -OCH3 is 1. The predicted molar refractivity (Wildman–Crippen MR) is 113 cm³/mol. The summed E-state index contributed by atoms with van der Waals surface area (Å²) in [6, 6.07) is 15.2. The highest BCUT2D eigenvalue weighted by molar-refractivity contribution is 7.22. The van der Waals surface area contributed by atoms with Crippen LogP contribution in [0.25, 0.3) is 20.8 Å². The van der Waals surface area contributed by atoms with Gasteiger partial charge in [-0.25, -0.2) is 4.98 Å². The van der Waals surface area contributed by atoms with Crippen molar-refractivity contribution in [2.45, 2.75) is 13.8 Å². The number of rotatable bonds is 4. The number of anilines is 1. The number of hydrogen-bond donors (Lipinski definition) is 1. The maximum atomic E-state index is 12.7. The lowest BCUT2D eigenvalue weighted by Gasteiger charge is -2.06. The van der Waals surface area contributed by atoms with Crippen molar-refractivity contribution in [1.29, 1.82) is 0 Å². The minimum Gasteiger partial charge on any atom is -0.497 e. The number of nitrogens with zero attached hydrogens (tertiary/aromatic N) is 1. The topological polar surface area (TPSA) is 51.2 Å². The number of para-hydroxylation sites is 1. The van der Waals surface area contributed by atoms with Crippen molar-refractivity contribution >= 4 is 43.8 Å². The molecule has 1 amide bonds. The molecule has 6 heteroatoms. The summed E-state index contributed by atoms with van der Waals surface area (Å²) in [5.74, 6) is 0.589. The Morgan fingerprint density at radius 2 is 1.78 bits per heavy atom. The fraction of sp³-hybridized carbons (Fsp3) is 0.143. The van der Waals surface area contributed by atoms with Crippen LogP contribution in [0, 0.1) is 13.8 Å². The monoisotopic (exact) mass is 394 g/mol. The number of carbonyl (C=O) groups excluding carboxylic acids is 1. The first-order valence-corrected chi connectivity index (χ1v) is 10.1. The summed E-state index contributed by atoms with van der Waals surface area (Å²) in [5, 5.41) is 4.85. The summed E-state index contributed by atoms with van der Waals surface area (Å²) in [6.07, 6.45) is 0. The van der Waals surface area contributed by atoms with Crippen LogP contribution in [0.2, 0.25) is 0 Å². The molecule has 4 aromatic rings. The van der Waals surface area contributed by atoms with E-state index in [0.717, 1.165) is 37.1 Å². The molecule has 0 saturated heterocycles. The maximum Gasteiger partial charge on any atom is 0.256 e. The van der Waals surface area contributed by atoms with Crippen molar-refractivity contribution in [3.63, 3.8) is 0 Å². The van der Waals surface area contributed by atoms with E-state index in [-0.39, 0.29) is 5.91 Å². The molecule has 2 aromatic heterocycles. The molecule has 0 radical (unpaired) electrons. The summed E-state index contributed by atoms with van der Waals surface area (Å²) < 4.78 is 6.30. The Morgan fingerprint density at radius 3 is 2.48 bits per heavy atom. The number of fused-ring (bicyclic) bond motifs is 1. The molecule has 4 rings (SSSR count). The molecule has 136 valence electrons. The van der Waals surface area contributed by atoms with Gasteiger partial charge in [0.05, 0.1) is 17.3 Å². The van der Waals surface area contributed by atoms with Crippen LogP contribution in [0.1, 0.15) is 20.8 Å². The van der Waals surface area contributed by atoms with E-state index in [2.05, 4.69) is 25.2 Å². The standard InChI is InChI=1S/C21H18N2O2S2/c1-12-13(2)26-21(23-19(24)14-8-10-15(25-3)11-9-14)18(12)20-22-16-6-4-5-7-17(16)27-20/h4-11H,1-3H3,(H,23,24). The average molecular weight is 395 g/mol. The molecule has 2 aromatic carbocycles. The van der Waals surface area contributed by atoms with Crippen molar-refractivity contribution in [3.05, 3.63) is 64.5 Å². The van der Waals surface area contributed by atoms with E-state index in [1.54, 1.807) is 54.0 Å². The third-order valence-corrected chi connectivity index (χ3v) is 6.65. The van der Waals surface area contributed by atoms with Gasteiger partial charge in [-0.3, -0.25) is 4.79 Å². The molecular weight excluding hydrogens is 376 g/mol. The summed E-state index contributed by atoms with van der Waals surface area (Å²) in [7, 11) is 1.61. The molecule has 0 bridgehead atoms. The van der Waals surface area contributed by atoms with Gasteiger partial charge in [-0.1, -0.05) is 12.1 Å². The third kappa shape index (κ3) is 3.34. The highest BCUT2D eigenvalue weighted by Crippen LogP contribution is 2.43. The van der Waals surface area contributed by atoms with E-state index < -0.39 is 0 Å². The molecule has 0 aliphatic rings. The van der Waals surface area contributed by atoms with Gasteiger partial charge in [0.15, 0.2) is 0 Å². The summed E-state index contributed by atoms with van der Waals surface area (Å²) in [4.78, 5) is 18.7. The van der Waals surface area contributed by atoms with Gasteiger partial charge >= 0.3 is 0 Å². The van der Waals surface area contributed by atoms with Crippen molar-refractivity contribution in [2.75, 3.05) is 12.4 Å². The van der Waals surface area contributed by atoms with Gasteiger partial charge in [0.25, 0.3) is 5.91 Å². The van der Waals surface area contributed by atoms with Gasteiger partial charge in [0, 0.05) is 16.0 Å². The van der Waals surface area contributed by atoms with Gasteiger partial charge in [-0.15, -0.1) is 22.7 Å². The molecule has 0 spiro atoms. The Bertz CT molecular complexity index is 1090. The lowest BCUT2D eigenvalue weighted by molar-refractivity contribution is 0.102. The molecule has 0 fully saturated rings. The molecular formula is C21H18N2O2S2. The van der Waals surface area contributed by atoms with Gasteiger partial charge < -0.3 is 10.1 Å². The van der Waals surface area contributed by atoms with E-state index in [1.165, 1.54) is 4.88 Å². The number of benzene rings is 2. The number of thiazole rings is 1. The molecule has 0 unspecified atom stereocenters. The van der Waals surface area contributed by atoms with Crippen molar-refractivity contribution in [2.24, 2.45) is 0 Å². The minimum absolute atomic E-state index is 0.138. The fourth-order valence-corrected chi connectivity index (χ4v) is 5.07. The van der Waals surface area contributed by atoms with E-state index in [4.69, 9.17) is 9.72 Å². The fourth-order valence-electron chi connectivity index (χ4n) is 2.87. The van der Waals surface area contributed by atoms with Gasteiger partial charge in [-0.05, 0) is 55.8 Å². The Labute approximate surface area is 165 Å². The molecule has 0 aliphatic carbocycles. The lowest BCUT2D eigenvalue weighted by atomic mass is 10.1. The number of aromatic nitrogens is 1. The summed E-state index contributed by atoms with van der Waals surface area (Å²) in [5.41, 5.74) is 3.74. The lowest BCUT2D eigenvalue weighted by Crippen LogP contribution is -2.11. The van der Waals surface area contributed by atoms with E-state index >= 15 is 0 Å². The number of aryl methyl sites for hydroxylation is 1. The summed E-state index contributed by atoms with van der Waals surface area (Å²) in [6.45, 7) is 4.15. The summed E-state index contributed by atoms with van der Waals surface area (Å²) >= 11 is 3.23. The quantitative estimate of drug-likeness (QED) is 0.469. The number of ether oxygens (including phenoxy) is 1. The largest absolute Gasteiger partial charge is 0.497 e. The normalized spacial score (nSPS) is 10.9. The zero-order chi connectivity index (χ0) is 19.0. The van der Waals surface area contributed by atoms with E-state index in [9.17, 15) is 4.79 Å². The Hall–Kier alpha value is -2.70. The molecule has 2 heterocycles. The Morgan fingerprint density at radius 1 is 1.04 bits per heavy atom. The highest BCUT2D eigenvalue weighted by Gasteiger charge is 2.20. The van der Waals surface area contributed by atoms with Crippen LogP contribution < -0.4 is 10.1 Å². The number of hydrogen-bond acceptors (Lipinski definition) is 5. The van der Waals surface area contributed by atoms with E-state index in [1.807, 2.05) is 18.2 Å². The van der Waals surface area contributed by atoms with Gasteiger partial charge in [0.1, 0.15) is 15.8 Å². The number of thiophene rings is 1. The molecule has 0 saturated carbocycles. The molecule has 0 aliphatic heterocycles.